The van der Waals surface area contributed by atoms with Crippen LogP contribution < -0.4 is 0 Å². The number of piperazine rings is 1. The summed E-state index contributed by atoms with van der Waals surface area (Å²) in [5, 5.41) is 10.1. The second kappa shape index (κ2) is 7.15. The molecule has 2 heterocycles. The first-order valence-electron chi connectivity index (χ1n) is 8.33. The van der Waals surface area contributed by atoms with Gasteiger partial charge < -0.3 is 19.6 Å². The van der Waals surface area contributed by atoms with Gasteiger partial charge in [0, 0.05) is 39.3 Å². The highest BCUT2D eigenvalue weighted by Crippen LogP contribution is 2.22. The Bertz CT molecular complexity index is 375. The highest BCUT2D eigenvalue weighted by atomic mass is 16.6. The molecule has 2 rings (SSSR count). The molecule has 1 atom stereocenters. The standard InChI is InChI=1S/C16H31N3O3/c1-16(2,3)22-15(21)18-7-5-13(6-8-18)11-19-10-9-17(4)12-14(19)20/h13-14,20H,5-12H2,1-4H3. The third kappa shape index (κ3) is 5.11. The molecular weight excluding hydrogens is 282 g/mol. The van der Waals surface area contributed by atoms with E-state index in [1.54, 1.807) is 0 Å². The Morgan fingerprint density at radius 1 is 1.18 bits per heavy atom. The molecular formula is C16H31N3O3. The van der Waals surface area contributed by atoms with Gasteiger partial charge in [-0.05, 0) is 46.6 Å². The van der Waals surface area contributed by atoms with Crippen LogP contribution in [0.3, 0.4) is 0 Å². The van der Waals surface area contributed by atoms with Gasteiger partial charge in [-0.2, -0.15) is 0 Å². The Kier molecular flexibility index (Phi) is 5.69. The van der Waals surface area contributed by atoms with Gasteiger partial charge in [-0.3, -0.25) is 4.90 Å². The van der Waals surface area contributed by atoms with Crippen LogP contribution in [0.1, 0.15) is 33.6 Å². The number of amides is 1. The van der Waals surface area contributed by atoms with Gasteiger partial charge in [0.1, 0.15) is 11.8 Å². The smallest absolute Gasteiger partial charge is 0.410 e. The third-order valence-corrected chi connectivity index (χ3v) is 4.42. The summed E-state index contributed by atoms with van der Waals surface area (Å²) in [6.07, 6.45) is 1.41. The summed E-state index contributed by atoms with van der Waals surface area (Å²) < 4.78 is 5.42. The van der Waals surface area contributed by atoms with E-state index in [2.05, 4.69) is 9.80 Å². The molecule has 6 nitrogen and oxygen atoms in total. The molecule has 0 aromatic heterocycles. The van der Waals surface area contributed by atoms with Crippen molar-refractivity contribution in [3.8, 4) is 0 Å². The molecule has 0 aliphatic carbocycles. The monoisotopic (exact) mass is 313 g/mol. The van der Waals surface area contributed by atoms with Gasteiger partial charge >= 0.3 is 6.09 Å². The SMILES string of the molecule is CN1CCN(CC2CCN(C(=O)OC(C)(C)C)CC2)C(O)C1. The van der Waals surface area contributed by atoms with Crippen molar-refractivity contribution >= 4 is 6.09 Å². The lowest BCUT2D eigenvalue weighted by atomic mass is 9.96. The number of likely N-dealkylation sites (tertiary alicyclic amines) is 1. The molecule has 128 valence electrons. The summed E-state index contributed by atoms with van der Waals surface area (Å²) in [5.74, 6) is 0.553. The lowest BCUT2D eigenvalue weighted by molar-refractivity contribution is -0.0599. The number of β-amino-alcohol motifs (C(OH)–C–C–N with tert-alkyl or cyclic N) is 1. The second-order valence-electron chi connectivity index (χ2n) is 7.65. The molecule has 0 radical (unpaired) electrons. The van der Waals surface area contributed by atoms with Crippen LogP contribution in [-0.2, 0) is 4.74 Å². The Hall–Kier alpha value is -0.850. The van der Waals surface area contributed by atoms with Crippen LogP contribution in [0.15, 0.2) is 0 Å². The van der Waals surface area contributed by atoms with E-state index in [0.717, 1.165) is 52.1 Å². The molecule has 6 heteroatoms. The maximum atomic E-state index is 12.0. The topological polar surface area (TPSA) is 56.2 Å². The first-order chi connectivity index (χ1) is 10.2. The fourth-order valence-corrected chi connectivity index (χ4v) is 3.10. The Morgan fingerprint density at radius 3 is 2.36 bits per heavy atom. The van der Waals surface area contributed by atoms with E-state index in [0.29, 0.717) is 5.92 Å². The summed E-state index contributed by atoms with van der Waals surface area (Å²) >= 11 is 0. The molecule has 1 unspecified atom stereocenters. The van der Waals surface area contributed by atoms with Crippen molar-refractivity contribution < 1.29 is 14.6 Å². The number of piperidine rings is 1. The number of nitrogens with zero attached hydrogens (tertiary/aromatic N) is 3. The molecule has 2 saturated heterocycles. The molecule has 2 aliphatic heterocycles. The normalized spacial score (nSPS) is 26.2. The molecule has 0 aromatic carbocycles. The summed E-state index contributed by atoms with van der Waals surface area (Å²) in [6, 6.07) is 0. The number of carbonyl (C=O) groups excluding carboxylic acids is 1. The Morgan fingerprint density at radius 2 is 1.82 bits per heavy atom. The predicted molar refractivity (Wildman–Crippen MR) is 85.6 cm³/mol. The van der Waals surface area contributed by atoms with Crippen molar-refractivity contribution in [2.24, 2.45) is 5.92 Å². The number of ether oxygens (including phenoxy) is 1. The number of aliphatic hydroxyl groups is 1. The zero-order valence-corrected chi connectivity index (χ0v) is 14.4. The van der Waals surface area contributed by atoms with Gasteiger partial charge in [-0.25, -0.2) is 4.79 Å². The van der Waals surface area contributed by atoms with Crippen LogP contribution in [0.25, 0.3) is 0 Å². The zero-order chi connectivity index (χ0) is 16.3. The van der Waals surface area contributed by atoms with Crippen LogP contribution in [0.4, 0.5) is 4.79 Å². The number of carbonyl (C=O) groups is 1. The molecule has 1 amide bonds. The first kappa shape index (κ1) is 17.5. The Balaban J connectivity index is 1.74. The number of aliphatic hydroxyl groups excluding tert-OH is 1. The zero-order valence-electron chi connectivity index (χ0n) is 14.4. The first-order valence-corrected chi connectivity index (χ1v) is 8.33. The quantitative estimate of drug-likeness (QED) is 0.830. The van der Waals surface area contributed by atoms with Crippen LogP contribution in [0, 0.1) is 5.92 Å². The van der Waals surface area contributed by atoms with Crippen LogP contribution in [0.2, 0.25) is 0 Å². The van der Waals surface area contributed by atoms with Gasteiger partial charge in [0.15, 0.2) is 0 Å². The van der Waals surface area contributed by atoms with E-state index in [9.17, 15) is 9.90 Å². The van der Waals surface area contributed by atoms with Crippen molar-refractivity contribution in [1.82, 2.24) is 14.7 Å². The lowest BCUT2D eigenvalue weighted by Crippen LogP contribution is -2.53. The van der Waals surface area contributed by atoms with E-state index >= 15 is 0 Å². The van der Waals surface area contributed by atoms with Gasteiger partial charge in [0.2, 0.25) is 0 Å². The average Bonchev–Trinajstić information content (AvgIpc) is 2.41. The fraction of sp³-hybridized carbons (Fsp3) is 0.938. The van der Waals surface area contributed by atoms with Crippen LogP contribution in [0.5, 0.6) is 0 Å². The molecule has 0 bridgehead atoms. The van der Waals surface area contributed by atoms with Crippen molar-refractivity contribution in [1.29, 1.82) is 0 Å². The van der Waals surface area contributed by atoms with Gasteiger partial charge in [-0.1, -0.05) is 0 Å². The minimum absolute atomic E-state index is 0.203. The molecule has 22 heavy (non-hydrogen) atoms. The highest BCUT2D eigenvalue weighted by Gasteiger charge is 2.30. The van der Waals surface area contributed by atoms with Crippen molar-refractivity contribution in [3.63, 3.8) is 0 Å². The number of likely N-dealkylation sites (N-methyl/N-ethyl adjacent to an activating group) is 1. The highest BCUT2D eigenvalue weighted by molar-refractivity contribution is 5.68. The van der Waals surface area contributed by atoms with E-state index in [4.69, 9.17) is 4.74 Å². The van der Waals surface area contributed by atoms with E-state index in [1.807, 2.05) is 32.7 Å². The summed E-state index contributed by atoms with van der Waals surface area (Å²) in [4.78, 5) is 18.2. The Labute approximate surface area is 134 Å². The van der Waals surface area contributed by atoms with Gasteiger partial charge in [-0.15, -0.1) is 0 Å². The number of rotatable bonds is 2. The lowest BCUT2D eigenvalue weighted by Gasteiger charge is -2.40. The van der Waals surface area contributed by atoms with Gasteiger partial charge in [0.25, 0.3) is 0 Å². The maximum Gasteiger partial charge on any atom is 0.410 e. The van der Waals surface area contributed by atoms with E-state index in [1.165, 1.54) is 0 Å². The molecule has 2 fully saturated rings. The fourth-order valence-electron chi connectivity index (χ4n) is 3.10. The number of hydrogen-bond donors (Lipinski definition) is 1. The minimum Gasteiger partial charge on any atom is -0.444 e. The molecule has 2 aliphatic rings. The average molecular weight is 313 g/mol. The minimum atomic E-state index is -0.433. The maximum absolute atomic E-state index is 12.0. The van der Waals surface area contributed by atoms with Crippen molar-refractivity contribution in [3.05, 3.63) is 0 Å². The van der Waals surface area contributed by atoms with Crippen LogP contribution >= 0.6 is 0 Å². The molecule has 0 saturated carbocycles. The van der Waals surface area contributed by atoms with E-state index in [-0.39, 0.29) is 12.3 Å². The van der Waals surface area contributed by atoms with Crippen LogP contribution in [-0.4, -0.2) is 84.0 Å². The molecule has 0 spiro atoms. The number of hydrogen-bond acceptors (Lipinski definition) is 5. The molecule has 1 N–H and O–H groups in total. The van der Waals surface area contributed by atoms with Gasteiger partial charge in [0.05, 0.1) is 0 Å². The van der Waals surface area contributed by atoms with E-state index < -0.39 is 5.60 Å². The third-order valence-electron chi connectivity index (χ3n) is 4.42. The van der Waals surface area contributed by atoms with Crippen molar-refractivity contribution in [2.45, 2.75) is 45.4 Å². The summed E-state index contributed by atoms with van der Waals surface area (Å²) in [7, 11) is 2.04. The summed E-state index contributed by atoms with van der Waals surface area (Å²) in [6.45, 7) is 10.8. The largest absolute Gasteiger partial charge is 0.444 e. The predicted octanol–water partition coefficient (Wildman–Crippen LogP) is 1.20. The van der Waals surface area contributed by atoms with Crippen molar-refractivity contribution in [2.75, 3.05) is 46.3 Å². The molecule has 0 aromatic rings. The second-order valence-corrected chi connectivity index (χ2v) is 7.65. The summed E-state index contributed by atoms with van der Waals surface area (Å²) in [5.41, 5.74) is -0.433.